The maximum atomic E-state index is 5.53. The van der Waals surface area contributed by atoms with E-state index in [1.807, 2.05) is 19.2 Å². The first kappa shape index (κ1) is 20.8. The molecule has 2 atom stereocenters. The van der Waals surface area contributed by atoms with E-state index in [4.69, 9.17) is 4.74 Å². The van der Waals surface area contributed by atoms with E-state index < -0.39 is 0 Å². The summed E-state index contributed by atoms with van der Waals surface area (Å²) < 4.78 is 5.53. The van der Waals surface area contributed by atoms with Crippen LogP contribution in [0.5, 0.6) is 5.75 Å². The molecule has 0 spiro atoms. The van der Waals surface area contributed by atoms with Gasteiger partial charge in [-0.15, -0.1) is 0 Å². The van der Waals surface area contributed by atoms with Crippen LogP contribution in [0.15, 0.2) is 29.3 Å². The van der Waals surface area contributed by atoms with Crippen LogP contribution in [0.25, 0.3) is 0 Å². The molecule has 6 heteroatoms. The predicted octanol–water partition coefficient (Wildman–Crippen LogP) is 2.56. The maximum absolute atomic E-state index is 5.53. The van der Waals surface area contributed by atoms with Gasteiger partial charge in [-0.05, 0) is 43.9 Å². The highest BCUT2D eigenvalue weighted by molar-refractivity contribution is 5.80. The zero-order chi connectivity index (χ0) is 19.9. The Bertz CT molecular complexity index is 648. The van der Waals surface area contributed by atoms with Gasteiger partial charge in [0, 0.05) is 45.3 Å². The molecule has 2 N–H and O–H groups in total. The third-order valence-corrected chi connectivity index (χ3v) is 5.78. The first-order chi connectivity index (χ1) is 13.6. The van der Waals surface area contributed by atoms with Crippen LogP contribution in [-0.2, 0) is 0 Å². The van der Waals surface area contributed by atoms with Gasteiger partial charge in [0.2, 0.25) is 0 Å². The highest BCUT2D eigenvalue weighted by Gasteiger charge is 2.27. The lowest BCUT2D eigenvalue weighted by molar-refractivity contribution is 0.226. The third-order valence-electron chi connectivity index (χ3n) is 5.78. The van der Waals surface area contributed by atoms with E-state index >= 15 is 0 Å². The summed E-state index contributed by atoms with van der Waals surface area (Å²) in [6.45, 7) is 9.98. The van der Waals surface area contributed by atoms with Gasteiger partial charge in [-0.3, -0.25) is 9.89 Å². The van der Waals surface area contributed by atoms with Crippen molar-refractivity contribution in [1.29, 1.82) is 0 Å². The van der Waals surface area contributed by atoms with Crippen molar-refractivity contribution >= 4 is 11.6 Å². The van der Waals surface area contributed by atoms with Gasteiger partial charge in [0.25, 0.3) is 0 Å². The van der Waals surface area contributed by atoms with Crippen molar-refractivity contribution in [1.82, 2.24) is 15.5 Å². The molecule has 1 aromatic rings. The Balaban J connectivity index is 1.49. The number of nitrogens with zero attached hydrogens (tertiary/aromatic N) is 3. The number of anilines is 1. The molecule has 0 saturated carbocycles. The minimum absolute atomic E-state index is 0.395. The largest absolute Gasteiger partial charge is 0.495 e. The van der Waals surface area contributed by atoms with E-state index in [0.29, 0.717) is 12.1 Å². The molecule has 3 rings (SSSR count). The number of nitrogens with one attached hydrogen (secondary N) is 2. The monoisotopic (exact) mass is 387 g/mol. The molecule has 1 unspecified atom stereocenters. The summed E-state index contributed by atoms with van der Waals surface area (Å²) in [6, 6.07) is 9.27. The second-order valence-corrected chi connectivity index (χ2v) is 8.39. The number of guanidine groups is 1. The molecule has 2 heterocycles. The first-order valence-corrected chi connectivity index (χ1v) is 10.7. The van der Waals surface area contributed by atoms with Crippen LogP contribution in [0.2, 0.25) is 0 Å². The fourth-order valence-corrected chi connectivity index (χ4v) is 4.43. The maximum Gasteiger partial charge on any atom is 0.191 e. The molecule has 2 saturated heterocycles. The molecule has 28 heavy (non-hydrogen) atoms. The molecular formula is C22H37N5O. The lowest BCUT2D eigenvalue weighted by Gasteiger charge is -2.27. The Morgan fingerprint density at radius 3 is 2.82 bits per heavy atom. The number of hydrogen-bond donors (Lipinski definition) is 2. The zero-order valence-electron chi connectivity index (χ0n) is 17.9. The average molecular weight is 388 g/mol. The second kappa shape index (κ2) is 10.0. The van der Waals surface area contributed by atoms with Crippen LogP contribution in [0.1, 0.15) is 33.1 Å². The van der Waals surface area contributed by atoms with Gasteiger partial charge in [-0.2, -0.15) is 0 Å². The van der Waals surface area contributed by atoms with Crippen LogP contribution < -0.4 is 20.3 Å². The average Bonchev–Trinajstić information content (AvgIpc) is 3.34. The SMILES string of the molecule is CN=C(NC[C@H]1CCCN1CC(C)C)NC1CCN(c2ccccc2OC)C1. The molecule has 0 aliphatic carbocycles. The van der Waals surface area contributed by atoms with E-state index in [2.05, 4.69) is 51.4 Å². The number of rotatable bonds is 7. The molecule has 2 aliphatic heterocycles. The van der Waals surface area contributed by atoms with Crippen LogP contribution in [0.3, 0.4) is 0 Å². The first-order valence-electron chi connectivity index (χ1n) is 10.7. The molecule has 2 aliphatic rings. The topological polar surface area (TPSA) is 52.1 Å². The van der Waals surface area contributed by atoms with Crippen molar-refractivity contribution in [3.63, 3.8) is 0 Å². The Morgan fingerprint density at radius 2 is 2.07 bits per heavy atom. The van der Waals surface area contributed by atoms with Gasteiger partial charge < -0.3 is 20.3 Å². The number of aliphatic imine (C=N–C) groups is 1. The highest BCUT2D eigenvalue weighted by atomic mass is 16.5. The van der Waals surface area contributed by atoms with Crippen LogP contribution in [0.4, 0.5) is 5.69 Å². The number of likely N-dealkylation sites (tertiary alicyclic amines) is 1. The van der Waals surface area contributed by atoms with Crippen molar-refractivity contribution in [3.8, 4) is 5.75 Å². The quantitative estimate of drug-likeness (QED) is 0.556. The fourth-order valence-electron chi connectivity index (χ4n) is 4.43. The number of methoxy groups -OCH3 is 1. The van der Waals surface area contributed by atoms with Crippen LogP contribution in [-0.4, -0.2) is 69.8 Å². The summed E-state index contributed by atoms with van der Waals surface area (Å²) in [7, 11) is 3.60. The predicted molar refractivity (Wildman–Crippen MR) is 118 cm³/mol. The third kappa shape index (κ3) is 5.31. The molecule has 1 aromatic carbocycles. The van der Waals surface area contributed by atoms with Crippen LogP contribution >= 0.6 is 0 Å². The van der Waals surface area contributed by atoms with Crippen molar-refractivity contribution in [2.75, 3.05) is 51.8 Å². The highest BCUT2D eigenvalue weighted by Crippen LogP contribution is 2.30. The van der Waals surface area contributed by atoms with Crippen LogP contribution in [0, 0.1) is 5.92 Å². The zero-order valence-corrected chi connectivity index (χ0v) is 17.9. The molecule has 2 fully saturated rings. The van der Waals surface area contributed by atoms with Crippen molar-refractivity contribution in [2.45, 2.75) is 45.2 Å². The van der Waals surface area contributed by atoms with Gasteiger partial charge in [-0.25, -0.2) is 0 Å². The molecule has 0 bridgehead atoms. The lowest BCUT2D eigenvalue weighted by atomic mass is 10.1. The van der Waals surface area contributed by atoms with Crippen molar-refractivity contribution in [3.05, 3.63) is 24.3 Å². The lowest BCUT2D eigenvalue weighted by Crippen LogP contribution is -2.48. The molecule has 156 valence electrons. The van der Waals surface area contributed by atoms with Gasteiger partial charge in [-0.1, -0.05) is 26.0 Å². The summed E-state index contributed by atoms with van der Waals surface area (Å²) in [6.07, 6.45) is 3.69. The van der Waals surface area contributed by atoms with Gasteiger partial charge in [0.1, 0.15) is 5.75 Å². The number of hydrogen-bond acceptors (Lipinski definition) is 4. The number of para-hydroxylation sites is 2. The summed E-state index contributed by atoms with van der Waals surface area (Å²) in [5.74, 6) is 2.58. The van der Waals surface area contributed by atoms with E-state index in [9.17, 15) is 0 Å². The van der Waals surface area contributed by atoms with E-state index in [-0.39, 0.29) is 0 Å². The van der Waals surface area contributed by atoms with Crippen molar-refractivity contribution < 1.29 is 4.74 Å². The molecule has 0 amide bonds. The molecule has 0 radical (unpaired) electrons. The van der Waals surface area contributed by atoms with E-state index in [0.717, 1.165) is 43.7 Å². The molecule has 6 nitrogen and oxygen atoms in total. The van der Waals surface area contributed by atoms with Gasteiger partial charge in [0.15, 0.2) is 5.96 Å². The minimum Gasteiger partial charge on any atom is -0.495 e. The number of ether oxygens (including phenoxy) is 1. The Labute approximate surface area is 170 Å². The summed E-state index contributed by atoms with van der Waals surface area (Å²) >= 11 is 0. The minimum atomic E-state index is 0.395. The van der Waals surface area contributed by atoms with Gasteiger partial charge >= 0.3 is 0 Å². The smallest absolute Gasteiger partial charge is 0.191 e. The Morgan fingerprint density at radius 1 is 1.25 bits per heavy atom. The summed E-state index contributed by atoms with van der Waals surface area (Å²) in [4.78, 5) is 9.49. The van der Waals surface area contributed by atoms with E-state index in [1.165, 1.54) is 31.6 Å². The molecular weight excluding hydrogens is 350 g/mol. The standard InChI is InChI=1S/C22H37N5O/c1-17(2)15-26-12-7-8-19(26)14-24-22(23-3)25-18-11-13-27(16-18)20-9-5-6-10-21(20)28-4/h5-6,9-10,17-19H,7-8,11-16H2,1-4H3,(H2,23,24,25)/t18?,19-/m1/s1. The normalized spacial score (nSPS) is 23.5. The van der Waals surface area contributed by atoms with E-state index in [1.54, 1.807) is 7.11 Å². The Hall–Kier alpha value is -1.95. The summed E-state index contributed by atoms with van der Waals surface area (Å²) in [5, 5.41) is 7.19. The number of benzene rings is 1. The van der Waals surface area contributed by atoms with Crippen molar-refractivity contribution in [2.24, 2.45) is 10.9 Å². The van der Waals surface area contributed by atoms with Gasteiger partial charge in [0.05, 0.1) is 12.8 Å². The Kier molecular flexibility index (Phi) is 7.43. The fraction of sp³-hybridized carbons (Fsp3) is 0.682. The molecule has 0 aromatic heterocycles. The summed E-state index contributed by atoms with van der Waals surface area (Å²) in [5.41, 5.74) is 1.17. The second-order valence-electron chi connectivity index (χ2n) is 8.39.